The van der Waals surface area contributed by atoms with Crippen LogP contribution in [0.3, 0.4) is 0 Å². The highest BCUT2D eigenvalue weighted by Crippen LogP contribution is 2.41. The van der Waals surface area contributed by atoms with Gasteiger partial charge in [0.25, 0.3) is 0 Å². The van der Waals surface area contributed by atoms with Crippen molar-refractivity contribution in [2.24, 2.45) is 11.8 Å². The van der Waals surface area contributed by atoms with Crippen molar-refractivity contribution in [1.29, 1.82) is 0 Å². The Labute approximate surface area is 287 Å². The van der Waals surface area contributed by atoms with E-state index in [0.717, 1.165) is 25.7 Å². The molecule has 2 fully saturated rings. The van der Waals surface area contributed by atoms with E-state index in [2.05, 4.69) is 67.6 Å². The van der Waals surface area contributed by atoms with E-state index in [1.54, 1.807) is 6.08 Å². The molecule has 2 aliphatic heterocycles. The summed E-state index contributed by atoms with van der Waals surface area (Å²) in [5, 5.41) is 0.0880. The van der Waals surface area contributed by atoms with Crippen LogP contribution in [0.4, 0.5) is 0 Å². The Morgan fingerprint density at radius 3 is 2.21 bits per heavy atom. The Morgan fingerprint density at radius 2 is 1.66 bits per heavy atom. The first kappa shape index (κ1) is 41.6. The largest absolute Gasteiger partial charge is 0.460 e. The Hall–Kier alpha value is -1.52. The quantitative estimate of drug-likeness (QED) is 0.0691. The summed E-state index contributed by atoms with van der Waals surface area (Å²) in [5.74, 6) is -1.31. The molecule has 0 aliphatic carbocycles. The van der Waals surface area contributed by atoms with Crippen molar-refractivity contribution in [3.05, 3.63) is 23.8 Å². The van der Waals surface area contributed by atoms with Crippen LogP contribution in [0.15, 0.2) is 23.8 Å². The van der Waals surface area contributed by atoms with E-state index in [0.29, 0.717) is 26.1 Å². The first-order valence-electron chi connectivity index (χ1n) is 17.9. The van der Waals surface area contributed by atoms with Crippen LogP contribution in [0.2, 0.25) is 18.1 Å². The molecule has 272 valence electrons. The molecule has 0 unspecified atom stereocenters. The molecule has 0 spiro atoms. The molecule has 2 rings (SSSR count). The summed E-state index contributed by atoms with van der Waals surface area (Å²) in [4.78, 5) is 25.1. The van der Waals surface area contributed by atoms with Crippen LogP contribution in [-0.4, -0.2) is 68.8 Å². The zero-order valence-electron chi connectivity index (χ0n) is 32.2. The summed E-state index contributed by atoms with van der Waals surface area (Å²) in [5.41, 5.74) is 0.390. The second-order valence-electron chi connectivity index (χ2n) is 17.0. The molecular weight excluding hydrogens is 612 g/mol. The number of carbonyl (C=O) groups is 2. The van der Waals surface area contributed by atoms with Gasteiger partial charge in [0, 0.05) is 18.9 Å². The van der Waals surface area contributed by atoms with Gasteiger partial charge in [-0.3, -0.25) is 4.79 Å². The lowest BCUT2D eigenvalue weighted by atomic mass is 9.93. The standard InChI is InChI=1S/C38H68O8Si/c1-15-20-37(11)25-32(43-33(39)19-17-28(3)24-34(40)45-35(5,6)7)30(44-37)18-16-27(2)23-29(4)31(26-38(12)41-21-22-42-38)46-47(13,14)36(8,9)10/h17,19,23,28-32H,15-16,18,20-22,24-26H2,1-14H3/b19-17+,27-23+/t28-,29-,30+,31+,32-,37-/m1/s1. The molecule has 0 bridgehead atoms. The van der Waals surface area contributed by atoms with Gasteiger partial charge in [-0.1, -0.05) is 65.7 Å². The molecule has 9 heteroatoms. The molecule has 0 saturated carbocycles. The maximum Gasteiger partial charge on any atom is 0.330 e. The maximum absolute atomic E-state index is 12.9. The van der Waals surface area contributed by atoms with Crippen molar-refractivity contribution in [3.63, 3.8) is 0 Å². The van der Waals surface area contributed by atoms with E-state index in [9.17, 15) is 9.59 Å². The van der Waals surface area contributed by atoms with Gasteiger partial charge in [0.1, 0.15) is 11.7 Å². The molecule has 0 amide bonds. The van der Waals surface area contributed by atoms with Crippen LogP contribution < -0.4 is 0 Å². The summed E-state index contributed by atoms with van der Waals surface area (Å²) in [6.45, 7) is 30.7. The summed E-state index contributed by atoms with van der Waals surface area (Å²) in [7, 11) is -2.04. The van der Waals surface area contributed by atoms with E-state index in [1.807, 2.05) is 34.6 Å². The van der Waals surface area contributed by atoms with Gasteiger partial charge in [-0.05, 0) is 90.8 Å². The van der Waals surface area contributed by atoms with Crippen LogP contribution in [0.1, 0.15) is 128 Å². The topological polar surface area (TPSA) is 89.5 Å². The van der Waals surface area contributed by atoms with Gasteiger partial charge >= 0.3 is 11.9 Å². The first-order valence-corrected chi connectivity index (χ1v) is 20.8. The average Bonchev–Trinajstić information content (AvgIpc) is 3.46. The SMILES string of the molecule is CCC[C@]1(C)C[C@@H](OC(=O)/C=C/[C@@H](C)CC(=O)OC(C)(C)C)[C@H](CC/C(C)=C/[C@@H](C)[C@H](CC2(C)OCCO2)O[Si](C)(C)C(C)(C)C)O1. The number of carbonyl (C=O) groups excluding carboxylic acids is 2. The van der Waals surface area contributed by atoms with Crippen LogP contribution in [-0.2, 0) is 37.7 Å². The minimum atomic E-state index is -2.04. The normalized spacial score (nSPS) is 26.0. The fraction of sp³-hybridized carbons (Fsp3) is 0.842. The van der Waals surface area contributed by atoms with E-state index in [-0.39, 0.29) is 53.2 Å². The van der Waals surface area contributed by atoms with Gasteiger partial charge in [0.15, 0.2) is 14.1 Å². The predicted molar refractivity (Wildman–Crippen MR) is 191 cm³/mol. The third-order valence-corrected chi connectivity index (χ3v) is 14.2. The van der Waals surface area contributed by atoms with Crippen LogP contribution in [0.5, 0.6) is 0 Å². The zero-order valence-corrected chi connectivity index (χ0v) is 33.2. The molecule has 0 radical (unpaired) electrons. The minimum absolute atomic E-state index is 0.0391. The number of hydrogen-bond donors (Lipinski definition) is 0. The number of esters is 2. The molecule has 0 aromatic rings. The minimum Gasteiger partial charge on any atom is -0.460 e. The van der Waals surface area contributed by atoms with Gasteiger partial charge in [-0.25, -0.2) is 4.79 Å². The highest BCUT2D eigenvalue weighted by atomic mass is 28.4. The number of ether oxygens (including phenoxy) is 5. The summed E-state index contributed by atoms with van der Waals surface area (Å²) < 4.78 is 37.0. The molecule has 2 saturated heterocycles. The predicted octanol–water partition coefficient (Wildman–Crippen LogP) is 9.08. The maximum atomic E-state index is 12.9. The number of rotatable bonds is 16. The van der Waals surface area contributed by atoms with Crippen molar-refractivity contribution in [1.82, 2.24) is 0 Å². The third-order valence-electron chi connectivity index (χ3n) is 9.68. The van der Waals surface area contributed by atoms with Crippen molar-refractivity contribution in [2.75, 3.05) is 13.2 Å². The molecule has 6 atom stereocenters. The first-order chi connectivity index (χ1) is 21.5. The van der Waals surface area contributed by atoms with Crippen molar-refractivity contribution < 1.29 is 37.7 Å². The Morgan fingerprint density at radius 1 is 1.04 bits per heavy atom. The summed E-state index contributed by atoms with van der Waals surface area (Å²) in [6, 6.07) is 0. The monoisotopic (exact) mass is 680 g/mol. The lowest BCUT2D eigenvalue weighted by Gasteiger charge is -2.42. The highest BCUT2D eigenvalue weighted by Gasteiger charge is 2.45. The van der Waals surface area contributed by atoms with Crippen LogP contribution in [0.25, 0.3) is 0 Å². The van der Waals surface area contributed by atoms with Crippen molar-refractivity contribution in [3.8, 4) is 0 Å². The molecule has 0 aromatic carbocycles. The highest BCUT2D eigenvalue weighted by molar-refractivity contribution is 6.74. The van der Waals surface area contributed by atoms with E-state index < -0.39 is 25.7 Å². The lowest BCUT2D eigenvalue weighted by Crippen LogP contribution is -2.47. The van der Waals surface area contributed by atoms with Crippen molar-refractivity contribution in [2.45, 2.75) is 181 Å². The van der Waals surface area contributed by atoms with E-state index in [1.165, 1.54) is 11.6 Å². The zero-order chi connectivity index (χ0) is 35.8. The summed E-state index contributed by atoms with van der Waals surface area (Å²) in [6.07, 6.45) is 9.94. The van der Waals surface area contributed by atoms with Crippen LogP contribution >= 0.6 is 0 Å². The molecule has 2 heterocycles. The Bertz CT molecular complexity index is 1080. The third kappa shape index (κ3) is 14.1. The van der Waals surface area contributed by atoms with Gasteiger partial charge in [0.2, 0.25) is 0 Å². The Kier molecular flexibility index (Phi) is 15.0. The molecular formula is C38H68O8Si. The molecule has 8 nitrogen and oxygen atoms in total. The molecule has 0 N–H and O–H groups in total. The fourth-order valence-corrected chi connectivity index (χ4v) is 7.59. The smallest absolute Gasteiger partial charge is 0.330 e. The number of allylic oxidation sites excluding steroid dienone is 2. The van der Waals surface area contributed by atoms with E-state index in [4.69, 9.17) is 28.1 Å². The second kappa shape index (κ2) is 16.9. The fourth-order valence-electron chi connectivity index (χ4n) is 6.18. The number of hydrogen-bond acceptors (Lipinski definition) is 8. The lowest BCUT2D eigenvalue weighted by molar-refractivity contribution is -0.163. The Balaban J connectivity index is 2.10. The van der Waals surface area contributed by atoms with E-state index >= 15 is 0 Å². The van der Waals surface area contributed by atoms with Crippen molar-refractivity contribution >= 4 is 20.3 Å². The second-order valence-corrected chi connectivity index (χ2v) is 21.8. The molecule has 47 heavy (non-hydrogen) atoms. The molecule has 0 aromatic heterocycles. The van der Waals surface area contributed by atoms with Gasteiger partial charge in [-0.2, -0.15) is 0 Å². The van der Waals surface area contributed by atoms with Gasteiger partial charge in [0.05, 0.1) is 37.4 Å². The van der Waals surface area contributed by atoms with Gasteiger partial charge < -0.3 is 28.1 Å². The average molecular weight is 681 g/mol. The van der Waals surface area contributed by atoms with Crippen LogP contribution in [0, 0.1) is 11.8 Å². The van der Waals surface area contributed by atoms with Gasteiger partial charge in [-0.15, -0.1) is 0 Å². The molecule has 2 aliphatic rings. The summed E-state index contributed by atoms with van der Waals surface area (Å²) >= 11 is 0.